The highest BCUT2D eigenvalue weighted by atomic mass is 16.5. The highest BCUT2D eigenvalue weighted by Gasteiger charge is 2.07. The zero-order valence-electron chi connectivity index (χ0n) is 16.7. The van der Waals surface area contributed by atoms with Crippen molar-refractivity contribution in [1.82, 2.24) is 0 Å². The highest BCUT2D eigenvalue weighted by molar-refractivity contribution is 5.46. The number of anilines is 1. The Labute approximate surface area is 158 Å². The number of unbranched alkanes of at least 4 members (excludes halogenated alkanes) is 3. The molecule has 0 saturated heterocycles. The molecule has 26 heavy (non-hydrogen) atoms. The molecule has 0 bridgehead atoms. The third-order valence-electron chi connectivity index (χ3n) is 4.39. The first-order chi connectivity index (χ1) is 12.6. The van der Waals surface area contributed by atoms with Gasteiger partial charge in [-0.05, 0) is 68.7 Å². The Morgan fingerprint density at radius 1 is 0.962 bits per heavy atom. The van der Waals surface area contributed by atoms with Gasteiger partial charge in [-0.3, -0.25) is 0 Å². The molecule has 142 valence electrons. The third kappa shape index (κ3) is 6.99. The van der Waals surface area contributed by atoms with E-state index in [1.165, 1.54) is 30.4 Å². The van der Waals surface area contributed by atoms with Crippen LogP contribution in [0.2, 0.25) is 0 Å². The van der Waals surface area contributed by atoms with Gasteiger partial charge in [-0.1, -0.05) is 38.3 Å². The Morgan fingerprint density at radius 2 is 1.73 bits per heavy atom. The molecule has 3 heteroatoms. The van der Waals surface area contributed by atoms with E-state index in [9.17, 15) is 0 Å². The summed E-state index contributed by atoms with van der Waals surface area (Å²) in [6.07, 6.45) is 5.00. The predicted molar refractivity (Wildman–Crippen MR) is 111 cm³/mol. The van der Waals surface area contributed by atoms with Crippen LogP contribution in [0.3, 0.4) is 0 Å². The molecule has 0 aliphatic heterocycles. The molecule has 0 radical (unpaired) electrons. The van der Waals surface area contributed by atoms with Crippen molar-refractivity contribution in [3.63, 3.8) is 0 Å². The number of hydrogen-bond acceptors (Lipinski definition) is 3. The number of nitrogens with one attached hydrogen (secondary N) is 1. The van der Waals surface area contributed by atoms with Gasteiger partial charge < -0.3 is 14.8 Å². The van der Waals surface area contributed by atoms with E-state index in [1.807, 2.05) is 12.1 Å². The summed E-state index contributed by atoms with van der Waals surface area (Å²) in [5.41, 5.74) is 3.47. The van der Waals surface area contributed by atoms with E-state index < -0.39 is 0 Å². The largest absolute Gasteiger partial charge is 0.494 e. The standard InChI is InChI=1S/C23H33NO2/c1-5-6-7-8-15-25-22-13-11-21(12-14-22)24-17-20(4)26-23-16-18(2)9-10-19(23)3/h9-14,16,20,24H,5-8,15,17H2,1-4H3. The van der Waals surface area contributed by atoms with Crippen molar-refractivity contribution in [3.8, 4) is 11.5 Å². The van der Waals surface area contributed by atoms with Crippen LogP contribution in [-0.4, -0.2) is 19.3 Å². The molecular formula is C23H33NO2. The summed E-state index contributed by atoms with van der Waals surface area (Å²) in [4.78, 5) is 0. The first-order valence-corrected chi connectivity index (χ1v) is 9.79. The van der Waals surface area contributed by atoms with Gasteiger partial charge in [0.25, 0.3) is 0 Å². The molecule has 0 amide bonds. The summed E-state index contributed by atoms with van der Waals surface area (Å²) in [6.45, 7) is 10.0. The maximum atomic E-state index is 6.07. The summed E-state index contributed by atoms with van der Waals surface area (Å²) in [5, 5.41) is 3.43. The Balaban J connectivity index is 1.74. The normalized spacial score (nSPS) is 11.8. The van der Waals surface area contributed by atoms with Gasteiger partial charge in [0.05, 0.1) is 13.2 Å². The molecule has 0 heterocycles. The van der Waals surface area contributed by atoms with Gasteiger partial charge >= 0.3 is 0 Å². The van der Waals surface area contributed by atoms with E-state index in [0.29, 0.717) is 0 Å². The molecule has 2 aromatic rings. The van der Waals surface area contributed by atoms with E-state index in [-0.39, 0.29) is 6.10 Å². The smallest absolute Gasteiger partial charge is 0.122 e. The van der Waals surface area contributed by atoms with Gasteiger partial charge in [-0.15, -0.1) is 0 Å². The lowest BCUT2D eigenvalue weighted by Gasteiger charge is -2.18. The molecule has 0 spiro atoms. The lowest BCUT2D eigenvalue weighted by molar-refractivity contribution is 0.233. The first-order valence-electron chi connectivity index (χ1n) is 9.79. The third-order valence-corrected chi connectivity index (χ3v) is 4.39. The minimum Gasteiger partial charge on any atom is -0.494 e. The zero-order chi connectivity index (χ0) is 18.8. The van der Waals surface area contributed by atoms with Crippen LogP contribution in [0.4, 0.5) is 5.69 Å². The second kappa shape index (κ2) is 10.7. The molecule has 2 rings (SSSR count). The fourth-order valence-corrected chi connectivity index (χ4v) is 2.74. The SMILES string of the molecule is CCCCCCOc1ccc(NCC(C)Oc2cc(C)ccc2C)cc1. The Kier molecular flexibility index (Phi) is 8.33. The fraction of sp³-hybridized carbons (Fsp3) is 0.478. The lowest BCUT2D eigenvalue weighted by Crippen LogP contribution is -2.23. The summed E-state index contributed by atoms with van der Waals surface area (Å²) in [5.74, 6) is 1.90. The van der Waals surface area contributed by atoms with Crippen molar-refractivity contribution < 1.29 is 9.47 Å². The van der Waals surface area contributed by atoms with Crippen molar-refractivity contribution >= 4 is 5.69 Å². The number of benzene rings is 2. The van der Waals surface area contributed by atoms with E-state index >= 15 is 0 Å². The average molecular weight is 356 g/mol. The minimum atomic E-state index is 0.0880. The van der Waals surface area contributed by atoms with Gasteiger partial charge in [-0.25, -0.2) is 0 Å². The molecule has 1 unspecified atom stereocenters. The second-order valence-electron chi connectivity index (χ2n) is 7.01. The maximum absolute atomic E-state index is 6.07. The Bertz CT molecular complexity index is 652. The van der Waals surface area contributed by atoms with E-state index in [4.69, 9.17) is 9.47 Å². The zero-order valence-corrected chi connectivity index (χ0v) is 16.7. The van der Waals surface area contributed by atoms with Crippen LogP contribution in [0.5, 0.6) is 11.5 Å². The molecular weight excluding hydrogens is 322 g/mol. The topological polar surface area (TPSA) is 30.5 Å². The monoisotopic (exact) mass is 355 g/mol. The first kappa shape index (κ1) is 20.2. The molecule has 1 N–H and O–H groups in total. The predicted octanol–water partition coefficient (Wildman–Crippen LogP) is 6.14. The second-order valence-corrected chi connectivity index (χ2v) is 7.01. The van der Waals surface area contributed by atoms with Crippen LogP contribution in [0.15, 0.2) is 42.5 Å². The van der Waals surface area contributed by atoms with Gasteiger partial charge in [0.2, 0.25) is 0 Å². The number of ether oxygens (including phenoxy) is 2. The lowest BCUT2D eigenvalue weighted by atomic mass is 10.1. The summed E-state index contributed by atoms with van der Waals surface area (Å²) < 4.78 is 11.9. The van der Waals surface area contributed by atoms with Crippen LogP contribution in [0.1, 0.15) is 50.7 Å². The summed E-state index contributed by atoms with van der Waals surface area (Å²) in [7, 11) is 0. The molecule has 3 nitrogen and oxygen atoms in total. The van der Waals surface area contributed by atoms with Gasteiger partial charge in [-0.2, -0.15) is 0 Å². The number of rotatable bonds is 11. The van der Waals surface area contributed by atoms with Crippen LogP contribution >= 0.6 is 0 Å². The van der Waals surface area contributed by atoms with Crippen LogP contribution in [0, 0.1) is 13.8 Å². The minimum absolute atomic E-state index is 0.0880. The van der Waals surface area contributed by atoms with Crippen LogP contribution in [0.25, 0.3) is 0 Å². The van der Waals surface area contributed by atoms with Gasteiger partial charge in [0.15, 0.2) is 0 Å². The summed E-state index contributed by atoms with van der Waals surface area (Å²) >= 11 is 0. The highest BCUT2D eigenvalue weighted by Crippen LogP contribution is 2.21. The van der Waals surface area contributed by atoms with E-state index in [0.717, 1.165) is 36.8 Å². The van der Waals surface area contributed by atoms with Crippen molar-refractivity contribution in [1.29, 1.82) is 0 Å². The van der Waals surface area contributed by atoms with Crippen molar-refractivity contribution in [2.24, 2.45) is 0 Å². The molecule has 1 atom stereocenters. The van der Waals surface area contributed by atoms with Crippen LogP contribution < -0.4 is 14.8 Å². The van der Waals surface area contributed by atoms with Gasteiger partial charge in [0, 0.05) is 5.69 Å². The quantitative estimate of drug-likeness (QED) is 0.491. The molecule has 0 fully saturated rings. The molecule has 2 aromatic carbocycles. The number of aryl methyl sites for hydroxylation is 2. The maximum Gasteiger partial charge on any atom is 0.122 e. The van der Waals surface area contributed by atoms with Crippen molar-refractivity contribution in [2.45, 2.75) is 59.5 Å². The Morgan fingerprint density at radius 3 is 2.46 bits per heavy atom. The number of hydrogen-bond donors (Lipinski definition) is 1. The molecule has 0 saturated carbocycles. The molecule has 0 aromatic heterocycles. The van der Waals surface area contributed by atoms with Crippen molar-refractivity contribution in [2.75, 3.05) is 18.5 Å². The fourth-order valence-electron chi connectivity index (χ4n) is 2.74. The molecule has 0 aliphatic carbocycles. The van der Waals surface area contributed by atoms with Crippen molar-refractivity contribution in [3.05, 3.63) is 53.6 Å². The Hall–Kier alpha value is -2.16. The molecule has 0 aliphatic rings. The van der Waals surface area contributed by atoms with E-state index in [1.54, 1.807) is 0 Å². The average Bonchev–Trinajstić information content (AvgIpc) is 2.64. The van der Waals surface area contributed by atoms with E-state index in [2.05, 4.69) is 63.3 Å². The summed E-state index contributed by atoms with van der Waals surface area (Å²) in [6, 6.07) is 14.5. The van der Waals surface area contributed by atoms with Crippen LogP contribution in [-0.2, 0) is 0 Å². The van der Waals surface area contributed by atoms with Gasteiger partial charge in [0.1, 0.15) is 17.6 Å².